The molecule has 7 nitrogen and oxygen atoms in total. The molecule has 0 saturated carbocycles. The average molecular weight is 362 g/mol. The second-order valence-electron chi connectivity index (χ2n) is 6.39. The Labute approximate surface area is 156 Å². The third-order valence-corrected chi connectivity index (χ3v) is 4.53. The van der Waals surface area contributed by atoms with Gasteiger partial charge in [-0.3, -0.25) is 14.6 Å². The van der Waals surface area contributed by atoms with E-state index in [1.807, 2.05) is 36.4 Å². The van der Waals surface area contributed by atoms with Crippen LogP contribution in [0.2, 0.25) is 0 Å². The van der Waals surface area contributed by atoms with Gasteiger partial charge in [-0.1, -0.05) is 29.4 Å². The Balaban J connectivity index is 1.53. The molecule has 1 unspecified atom stereocenters. The summed E-state index contributed by atoms with van der Waals surface area (Å²) in [4.78, 5) is 31.1. The number of carbonyl (C=O) groups is 2. The van der Waals surface area contributed by atoms with Crippen molar-refractivity contribution in [3.63, 3.8) is 0 Å². The molecule has 1 atom stereocenters. The molecule has 1 aliphatic heterocycles. The quantitative estimate of drug-likeness (QED) is 0.771. The lowest BCUT2D eigenvalue weighted by Gasteiger charge is -2.17. The van der Waals surface area contributed by atoms with Crippen LogP contribution in [0.5, 0.6) is 0 Å². The van der Waals surface area contributed by atoms with Gasteiger partial charge >= 0.3 is 0 Å². The number of carbonyl (C=O) groups excluding carboxylic acids is 2. The Morgan fingerprint density at radius 2 is 1.96 bits per heavy atom. The third-order valence-electron chi connectivity index (χ3n) is 4.53. The van der Waals surface area contributed by atoms with Crippen molar-refractivity contribution in [1.82, 2.24) is 15.5 Å². The summed E-state index contributed by atoms with van der Waals surface area (Å²) in [7, 11) is 0. The highest BCUT2D eigenvalue weighted by Gasteiger charge is 2.33. The van der Waals surface area contributed by atoms with Crippen LogP contribution in [0.1, 0.15) is 22.5 Å². The number of hydrogen-bond donors (Lipinski definition) is 1. The Hall–Kier alpha value is -3.48. The summed E-state index contributed by atoms with van der Waals surface area (Å²) in [6.07, 6.45) is 1.89. The van der Waals surface area contributed by atoms with E-state index in [4.69, 9.17) is 4.52 Å². The van der Waals surface area contributed by atoms with Crippen molar-refractivity contribution in [3.8, 4) is 11.4 Å². The first kappa shape index (κ1) is 17.0. The second kappa shape index (κ2) is 7.03. The molecule has 0 bridgehead atoms. The lowest BCUT2D eigenvalue weighted by atomic mass is 10.1. The lowest BCUT2D eigenvalue weighted by Crippen LogP contribution is -2.37. The molecule has 2 aromatic heterocycles. The van der Waals surface area contributed by atoms with Gasteiger partial charge in [0, 0.05) is 24.8 Å². The molecule has 1 aromatic carbocycles. The van der Waals surface area contributed by atoms with Gasteiger partial charge in [0.05, 0.1) is 11.7 Å². The fraction of sp³-hybridized carbons (Fsp3) is 0.200. The van der Waals surface area contributed by atoms with E-state index in [0.29, 0.717) is 29.3 Å². The maximum atomic E-state index is 12.9. The van der Waals surface area contributed by atoms with Crippen molar-refractivity contribution < 1.29 is 14.1 Å². The predicted molar refractivity (Wildman–Crippen MR) is 99.1 cm³/mol. The predicted octanol–water partition coefficient (Wildman–Crippen LogP) is 2.58. The molecular formula is C20H18N4O3. The minimum atomic E-state index is -0.317. The molecule has 2 amide bonds. The summed E-state index contributed by atoms with van der Waals surface area (Å²) in [6.45, 7) is 2.11. The first-order valence-electron chi connectivity index (χ1n) is 8.67. The van der Waals surface area contributed by atoms with Crippen LogP contribution in [0.25, 0.3) is 11.4 Å². The molecule has 27 heavy (non-hydrogen) atoms. The largest absolute Gasteiger partial charge is 0.360 e. The van der Waals surface area contributed by atoms with E-state index in [2.05, 4.69) is 15.5 Å². The fourth-order valence-corrected chi connectivity index (χ4v) is 3.24. The molecule has 0 aliphatic carbocycles. The van der Waals surface area contributed by atoms with Crippen LogP contribution < -0.4 is 10.2 Å². The SMILES string of the molecule is Cc1onc(-c2ccccn2)c1C(=O)NC1CC(=O)N(c2ccccc2)C1. The molecule has 136 valence electrons. The summed E-state index contributed by atoms with van der Waals surface area (Å²) in [6, 6.07) is 14.5. The molecule has 0 spiro atoms. The van der Waals surface area contributed by atoms with Gasteiger partial charge in [0.15, 0.2) is 0 Å². The van der Waals surface area contributed by atoms with Gasteiger partial charge in [0.25, 0.3) is 5.91 Å². The molecule has 1 saturated heterocycles. The zero-order valence-corrected chi connectivity index (χ0v) is 14.8. The topological polar surface area (TPSA) is 88.3 Å². The van der Waals surface area contributed by atoms with Crippen molar-refractivity contribution in [2.24, 2.45) is 0 Å². The van der Waals surface area contributed by atoms with E-state index in [-0.39, 0.29) is 24.3 Å². The Bertz CT molecular complexity index is 969. The summed E-state index contributed by atoms with van der Waals surface area (Å²) < 4.78 is 5.22. The molecule has 4 rings (SSSR count). The van der Waals surface area contributed by atoms with Crippen LogP contribution in [-0.2, 0) is 4.79 Å². The maximum Gasteiger partial charge on any atom is 0.257 e. The number of aryl methyl sites for hydroxylation is 1. The Morgan fingerprint density at radius 1 is 1.19 bits per heavy atom. The molecule has 1 N–H and O–H groups in total. The van der Waals surface area contributed by atoms with Crippen LogP contribution in [0.4, 0.5) is 5.69 Å². The number of nitrogens with one attached hydrogen (secondary N) is 1. The van der Waals surface area contributed by atoms with Crippen molar-refractivity contribution in [2.45, 2.75) is 19.4 Å². The van der Waals surface area contributed by atoms with Crippen molar-refractivity contribution in [1.29, 1.82) is 0 Å². The van der Waals surface area contributed by atoms with Gasteiger partial charge in [0.1, 0.15) is 17.0 Å². The monoisotopic (exact) mass is 362 g/mol. The highest BCUT2D eigenvalue weighted by Crippen LogP contribution is 2.25. The van der Waals surface area contributed by atoms with Crippen molar-refractivity contribution in [2.75, 3.05) is 11.4 Å². The molecule has 1 fully saturated rings. The zero-order chi connectivity index (χ0) is 18.8. The molecule has 3 aromatic rings. The number of nitrogens with zero attached hydrogens (tertiary/aromatic N) is 3. The van der Waals surface area contributed by atoms with Gasteiger partial charge in [-0.05, 0) is 31.2 Å². The fourth-order valence-electron chi connectivity index (χ4n) is 3.24. The summed E-state index contributed by atoms with van der Waals surface area (Å²) in [5, 5.41) is 6.92. The standard InChI is InChI=1S/C20H18N4O3/c1-13-18(19(23-27-13)16-9-5-6-10-21-16)20(26)22-14-11-17(25)24(12-14)15-7-3-2-4-8-15/h2-10,14H,11-12H2,1H3,(H,22,26). The first-order valence-corrected chi connectivity index (χ1v) is 8.67. The molecule has 7 heteroatoms. The van der Waals surface area contributed by atoms with E-state index in [1.54, 1.807) is 30.2 Å². The normalized spacial score (nSPS) is 16.6. The van der Waals surface area contributed by atoms with E-state index >= 15 is 0 Å². The van der Waals surface area contributed by atoms with Crippen LogP contribution >= 0.6 is 0 Å². The van der Waals surface area contributed by atoms with Crippen molar-refractivity contribution >= 4 is 17.5 Å². The second-order valence-corrected chi connectivity index (χ2v) is 6.39. The summed E-state index contributed by atoms with van der Waals surface area (Å²) in [5.41, 5.74) is 2.14. The number of pyridine rings is 1. The third kappa shape index (κ3) is 3.31. The van der Waals surface area contributed by atoms with E-state index < -0.39 is 0 Å². The van der Waals surface area contributed by atoms with Gasteiger partial charge in [-0.15, -0.1) is 0 Å². The van der Waals surface area contributed by atoms with Gasteiger partial charge in [0.2, 0.25) is 5.91 Å². The van der Waals surface area contributed by atoms with E-state index in [0.717, 1.165) is 5.69 Å². The lowest BCUT2D eigenvalue weighted by molar-refractivity contribution is -0.117. The molecule has 1 aliphatic rings. The average Bonchev–Trinajstić information content (AvgIpc) is 3.25. The van der Waals surface area contributed by atoms with Crippen molar-refractivity contribution in [3.05, 3.63) is 66.1 Å². The van der Waals surface area contributed by atoms with Gasteiger partial charge < -0.3 is 14.7 Å². The van der Waals surface area contributed by atoms with Crippen LogP contribution in [-0.4, -0.2) is 34.5 Å². The van der Waals surface area contributed by atoms with E-state index in [9.17, 15) is 9.59 Å². The molecule has 0 radical (unpaired) electrons. The number of para-hydroxylation sites is 1. The smallest absolute Gasteiger partial charge is 0.257 e. The minimum Gasteiger partial charge on any atom is -0.360 e. The first-order chi connectivity index (χ1) is 13.1. The van der Waals surface area contributed by atoms with Crippen LogP contribution in [0.15, 0.2) is 59.3 Å². The Kier molecular flexibility index (Phi) is 4.42. The number of aromatic nitrogens is 2. The zero-order valence-electron chi connectivity index (χ0n) is 14.8. The number of rotatable bonds is 4. The number of hydrogen-bond acceptors (Lipinski definition) is 5. The van der Waals surface area contributed by atoms with E-state index in [1.165, 1.54) is 0 Å². The highest BCUT2D eigenvalue weighted by molar-refractivity contribution is 6.02. The highest BCUT2D eigenvalue weighted by atomic mass is 16.5. The molecule has 3 heterocycles. The van der Waals surface area contributed by atoms with Gasteiger partial charge in [-0.2, -0.15) is 0 Å². The van der Waals surface area contributed by atoms with Gasteiger partial charge in [-0.25, -0.2) is 0 Å². The summed E-state index contributed by atoms with van der Waals surface area (Å²) >= 11 is 0. The molecular weight excluding hydrogens is 344 g/mol. The van der Waals surface area contributed by atoms with Crippen LogP contribution in [0, 0.1) is 6.92 Å². The number of anilines is 1. The minimum absolute atomic E-state index is 0.0153. The number of amides is 2. The maximum absolute atomic E-state index is 12.9. The van der Waals surface area contributed by atoms with Crippen LogP contribution in [0.3, 0.4) is 0 Å². The summed E-state index contributed by atoms with van der Waals surface area (Å²) in [5.74, 6) is 0.0815. The Morgan fingerprint density at radius 3 is 2.70 bits per heavy atom. The number of benzene rings is 1.